The number of aryl methyl sites for hydroxylation is 2. The molecule has 1 unspecified atom stereocenters. The number of halogens is 3. The molecule has 0 aliphatic heterocycles. The molecule has 3 aromatic carbocycles. The predicted molar refractivity (Wildman–Crippen MR) is 173 cm³/mol. The number of nitrogens with zero attached hydrogens (tertiary/aromatic N) is 2. The Labute approximate surface area is 269 Å². The SMILES string of the molecule is Cc1ccc(N(CC(=O)N(Cc2ccc(Cl)cc2Cl)C(C)C(=O)NC2CCCCC2)S(=O)(=O)c2ccc(Cl)cc2)cc1C. The number of rotatable bonds is 10. The standard InChI is InChI=1S/C32H36Cl3N3O4S/c1-21-9-14-28(17-22(21)2)38(43(41,42)29-15-12-25(33)13-16-29)20-31(39)37(19-24-10-11-26(34)18-30(24)35)23(3)32(40)36-27-7-5-4-6-8-27/h9-18,23,27H,4-8,19-20H2,1-3H3,(H,36,40). The minimum Gasteiger partial charge on any atom is -0.352 e. The molecular formula is C32H36Cl3N3O4S. The van der Waals surface area contributed by atoms with E-state index in [9.17, 15) is 18.0 Å². The van der Waals surface area contributed by atoms with Gasteiger partial charge in [0.25, 0.3) is 10.0 Å². The van der Waals surface area contributed by atoms with Gasteiger partial charge in [-0.15, -0.1) is 0 Å². The Bertz CT molecular complexity index is 1580. The van der Waals surface area contributed by atoms with E-state index in [1.807, 2.05) is 19.9 Å². The van der Waals surface area contributed by atoms with Gasteiger partial charge in [0.05, 0.1) is 10.6 Å². The van der Waals surface area contributed by atoms with Crippen LogP contribution in [0.2, 0.25) is 15.1 Å². The Morgan fingerprint density at radius 2 is 1.53 bits per heavy atom. The number of benzene rings is 3. The maximum atomic E-state index is 14.2. The van der Waals surface area contributed by atoms with Crippen LogP contribution >= 0.6 is 34.8 Å². The zero-order valence-corrected chi connectivity index (χ0v) is 27.5. The van der Waals surface area contributed by atoms with Crippen molar-refractivity contribution in [2.24, 2.45) is 0 Å². The van der Waals surface area contributed by atoms with E-state index in [1.54, 1.807) is 37.3 Å². The highest BCUT2D eigenvalue weighted by Gasteiger charge is 2.33. The third-order valence-electron chi connectivity index (χ3n) is 7.93. The lowest BCUT2D eigenvalue weighted by Gasteiger charge is -2.33. The molecule has 1 aliphatic rings. The van der Waals surface area contributed by atoms with E-state index >= 15 is 0 Å². The van der Waals surface area contributed by atoms with Crippen molar-refractivity contribution in [2.75, 3.05) is 10.8 Å². The van der Waals surface area contributed by atoms with E-state index in [0.29, 0.717) is 26.3 Å². The van der Waals surface area contributed by atoms with Crippen molar-refractivity contribution in [3.63, 3.8) is 0 Å². The average molecular weight is 665 g/mol. The van der Waals surface area contributed by atoms with Crippen LogP contribution in [-0.4, -0.2) is 43.8 Å². The molecule has 3 aromatic rings. The van der Waals surface area contributed by atoms with E-state index in [1.165, 1.54) is 29.2 Å². The molecule has 43 heavy (non-hydrogen) atoms. The smallest absolute Gasteiger partial charge is 0.264 e. The van der Waals surface area contributed by atoms with Gasteiger partial charge >= 0.3 is 0 Å². The predicted octanol–water partition coefficient (Wildman–Crippen LogP) is 7.33. The number of nitrogens with one attached hydrogen (secondary N) is 1. The van der Waals surface area contributed by atoms with E-state index < -0.39 is 28.5 Å². The highest BCUT2D eigenvalue weighted by molar-refractivity contribution is 7.92. The molecule has 230 valence electrons. The molecule has 1 N–H and O–H groups in total. The molecule has 1 fully saturated rings. The highest BCUT2D eigenvalue weighted by atomic mass is 35.5. The van der Waals surface area contributed by atoms with Gasteiger partial charge in [0.2, 0.25) is 11.8 Å². The van der Waals surface area contributed by atoms with Crippen LogP contribution in [0.1, 0.15) is 55.7 Å². The van der Waals surface area contributed by atoms with Gasteiger partial charge in [0.1, 0.15) is 12.6 Å². The van der Waals surface area contributed by atoms with Gasteiger partial charge in [-0.1, -0.05) is 66.2 Å². The lowest BCUT2D eigenvalue weighted by molar-refractivity contribution is -0.139. The summed E-state index contributed by atoms with van der Waals surface area (Å²) in [7, 11) is -4.20. The Morgan fingerprint density at radius 3 is 2.16 bits per heavy atom. The zero-order valence-electron chi connectivity index (χ0n) is 24.4. The highest BCUT2D eigenvalue weighted by Crippen LogP contribution is 2.28. The largest absolute Gasteiger partial charge is 0.352 e. The van der Waals surface area contributed by atoms with Crippen molar-refractivity contribution in [1.82, 2.24) is 10.2 Å². The number of anilines is 1. The summed E-state index contributed by atoms with van der Waals surface area (Å²) < 4.78 is 29.1. The first-order chi connectivity index (χ1) is 20.4. The third kappa shape index (κ3) is 8.24. The molecule has 4 rings (SSSR count). The fourth-order valence-corrected chi connectivity index (χ4v) is 7.13. The molecule has 1 aliphatic carbocycles. The van der Waals surface area contributed by atoms with E-state index in [0.717, 1.165) is 47.5 Å². The molecule has 1 saturated carbocycles. The summed E-state index contributed by atoms with van der Waals surface area (Å²) >= 11 is 18.6. The summed E-state index contributed by atoms with van der Waals surface area (Å²) in [5, 5.41) is 4.25. The van der Waals surface area contributed by atoms with Crippen LogP contribution in [0.4, 0.5) is 5.69 Å². The van der Waals surface area contributed by atoms with E-state index in [4.69, 9.17) is 34.8 Å². The summed E-state index contributed by atoms with van der Waals surface area (Å²) in [6.45, 7) is 4.89. The van der Waals surface area contributed by atoms with Crippen molar-refractivity contribution in [1.29, 1.82) is 0 Å². The van der Waals surface area contributed by atoms with Gasteiger partial charge in [-0.25, -0.2) is 8.42 Å². The fourth-order valence-electron chi connectivity index (χ4n) is 5.13. The maximum Gasteiger partial charge on any atom is 0.264 e. The second-order valence-corrected chi connectivity index (χ2v) is 14.2. The Morgan fingerprint density at radius 1 is 0.884 bits per heavy atom. The summed E-state index contributed by atoms with van der Waals surface area (Å²) in [5.74, 6) is -0.864. The number of sulfonamides is 1. The molecule has 7 nitrogen and oxygen atoms in total. The topological polar surface area (TPSA) is 86.8 Å². The second-order valence-electron chi connectivity index (χ2n) is 11.0. The lowest BCUT2D eigenvalue weighted by Crippen LogP contribution is -2.53. The van der Waals surface area contributed by atoms with Crippen LogP contribution in [0.5, 0.6) is 0 Å². The van der Waals surface area contributed by atoms with Gasteiger partial charge in [-0.3, -0.25) is 13.9 Å². The van der Waals surface area contributed by atoms with Crippen LogP contribution in [0.15, 0.2) is 65.6 Å². The van der Waals surface area contributed by atoms with Gasteiger partial charge in [0.15, 0.2) is 0 Å². The molecule has 0 radical (unpaired) electrons. The van der Waals surface area contributed by atoms with Gasteiger partial charge in [-0.05, 0) is 98.8 Å². The van der Waals surface area contributed by atoms with Crippen LogP contribution in [0, 0.1) is 13.8 Å². The average Bonchev–Trinajstić information content (AvgIpc) is 2.97. The third-order valence-corrected chi connectivity index (χ3v) is 10.6. The normalized spacial score (nSPS) is 14.7. The number of hydrogen-bond acceptors (Lipinski definition) is 4. The second kappa shape index (κ2) is 14.3. The molecule has 2 amide bonds. The monoisotopic (exact) mass is 663 g/mol. The first-order valence-corrected chi connectivity index (χ1v) is 16.8. The fraction of sp³-hybridized carbons (Fsp3) is 0.375. The summed E-state index contributed by atoms with van der Waals surface area (Å²) in [4.78, 5) is 29.0. The van der Waals surface area contributed by atoms with Crippen molar-refractivity contribution in [3.05, 3.63) is 92.4 Å². The molecule has 0 heterocycles. The number of hydrogen-bond donors (Lipinski definition) is 1. The summed E-state index contributed by atoms with van der Waals surface area (Å²) in [5.41, 5.74) is 2.75. The first kappa shape index (κ1) is 33.1. The minimum absolute atomic E-state index is 0.0155. The van der Waals surface area contributed by atoms with E-state index in [2.05, 4.69) is 5.32 Å². The van der Waals surface area contributed by atoms with Crippen molar-refractivity contribution in [3.8, 4) is 0 Å². The Hall–Kier alpha value is -2.78. The maximum absolute atomic E-state index is 14.2. The molecular weight excluding hydrogens is 629 g/mol. The lowest BCUT2D eigenvalue weighted by atomic mass is 9.95. The van der Waals surface area contributed by atoms with Gasteiger partial charge < -0.3 is 10.2 Å². The molecule has 0 aromatic heterocycles. The quantitative estimate of drug-likeness (QED) is 0.246. The van der Waals surface area contributed by atoms with E-state index in [-0.39, 0.29) is 23.4 Å². The Kier molecular flexibility index (Phi) is 11.0. The van der Waals surface area contributed by atoms with Gasteiger partial charge in [-0.2, -0.15) is 0 Å². The van der Waals surface area contributed by atoms with Crippen LogP contribution in [0.25, 0.3) is 0 Å². The molecule has 1 atom stereocenters. The minimum atomic E-state index is -4.20. The number of amides is 2. The Balaban J connectivity index is 1.71. The van der Waals surface area contributed by atoms with Crippen LogP contribution < -0.4 is 9.62 Å². The van der Waals surface area contributed by atoms with Crippen LogP contribution in [-0.2, 0) is 26.2 Å². The van der Waals surface area contributed by atoms with Crippen molar-refractivity contribution < 1.29 is 18.0 Å². The number of carbonyl (C=O) groups is 2. The van der Waals surface area contributed by atoms with Crippen LogP contribution in [0.3, 0.4) is 0 Å². The molecule has 0 saturated heterocycles. The van der Waals surface area contributed by atoms with Crippen molar-refractivity contribution >= 4 is 62.3 Å². The summed E-state index contributed by atoms with van der Waals surface area (Å²) in [6.07, 6.45) is 4.98. The molecule has 0 spiro atoms. The zero-order chi connectivity index (χ0) is 31.3. The molecule has 0 bridgehead atoms. The number of carbonyl (C=O) groups excluding carboxylic acids is 2. The van der Waals surface area contributed by atoms with Gasteiger partial charge in [0, 0.05) is 27.7 Å². The van der Waals surface area contributed by atoms with Crippen molar-refractivity contribution in [2.45, 2.75) is 76.4 Å². The first-order valence-electron chi connectivity index (χ1n) is 14.3. The molecule has 11 heteroatoms. The summed E-state index contributed by atoms with van der Waals surface area (Å²) in [6, 6.07) is 15.1.